The van der Waals surface area contributed by atoms with Crippen LogP contribution in [0, 0.1) is 0 Å². The molecule has 0 saturated carbocycles. The highest BCUT2D eigenvalue weighted by Crippen LogP contribution is 2.37. The first kappa shape index (κ1) is 31.0. The summed E-state index contributed by atoms with van der Waals surface area (Å²) in [7, 11) is 1.46. The smallest absolute Gasteiger partial charge is 0.166 e. The van der Waals surface area contributed by atoms with Crippen LogP contribution in [0.2, 0.25) is 0 Å². The third kappa shape index (κ3) is 7.69. The standard InChI is InChI=1S/C43H33OS3/c1-44-36-16-26-41(27-17-36)47(42-28-22-39(23-29-42)45-37-18-12-34(13-19-37)32-8-4-2-5-9-32)43-30-24-40(25-31-43)46-38-20-14-35(15-21-38)33-10-6-3-7-11-33/h2-31H,1H3/q+1. The maximum absolute atomic E-state index is 5.47. The molecule has 0 unspecified atom stereocenters. The van der Waals surface area contributed by atoms with Crippen LogP contribution >= 0.6 is 23.5 Å². The van der Waals surface area contributed by atoms with Gasteiger partial charge in [-0.25, -0.2) is 0 Å². The molecule has 0 fully saturated rings. The first-order valence-electron chi connectivity index (χ1n) is 15.5. The molecule has 0 heterocycles. The van der Waals surface area contributed by atoms with Gasteiger partial charge in [0, 0.05) is 19.6 Å². The highest BCUT2D eigenvalue weighted by Gasteiger charge is 2.29. The molecule has 4 heteroatoms. The van der Waals surface area contributed by atoms with Crippen LogP contribution in [0.3, 0.4) is 0 Å². The van der Waals surface area contributed by atoms with Crippen molar-refractivity contribution in [3.8, 4) is 28.0 Å². The van der Waals surface area contributed by atoms with Gasteiger partial charge in [0.1, 0.15) is 5.75 Å². The number of ether oxygens (including phenoxy) is 1. The van der Waals surface area contributed by atoms with E-state index in [0.717, 1.165) is 5.75 Å². The van der Waals surface area contributed by atoms with Crippen molar-refractivity contribution < 1.29 is 4.74 Å². The Hall–Kier alpha value is -4.61. The predicted molar refractivity (Wildman–Crippen MR) is 200 cm³/mol. The lowest BCUT2D eigenvalue weighted by Gasteiger charge is -2.11. The van der Waals surface area contributed by atoms with E-state index in [9.17, 15) is 0 Å². The fourth-order valence-electron chi connectivity index (χ4n) is 5.37. The Bertz CT molecular complexity index is 1880. The summed E-state index contributed by atoms with van der Waals surface area (Å²) < 4.78 is 5.47. The minimum Gasteiger partial charge on any atom is -0.497 e. The Morgan fingerprint density at radius 1 is 0.340 bits per heavy atom. The molecular formula is C43H33OS3+. The van der Waals surface area contributed by atoms with Crippen molar-refractivity contribution in [3.05, 3.63) is 182 Å². The van der Waals surface area contributed by atoms with Gasteiger partial charge in [-0.3, -0.25) is 0 Å². The highest BCUT2D eigenvalue weighted by molar-refractivity contribution is 7.99. The molecule has 0 radical (unpaired) electrons. The van der Waals surface area contributed by atoms with Gasteiger partial charge in [-0.05, 0) is 119 Å². The molecule has 7 aromatic rings. The molecule has 0 atom stereocenters. The van der Waals surface area contributed by atoms with E-state index in [2.05, 4.69) is 182 Å². The first-order chi connectivity index (χ1) is 23.2. The van der Waals surface area contributed by atoms with E-state index in [1.54, 1.807) is 30.6 Å². The summed E-state index contributed by atoms with van der Waals surface area (Å²) in [5, 5.41) is 0. The molecule has 228 valence electrons. The molecule has 0 N–H and O–H groups in total. The van der Waals surface area contributed by atoms with Crippen LogP contribution in [-0.4, -0.2) is 7.11 Å². The zero-order valence-electron chi connectivity index (χ0n) is 26.0. The van der Waals surface area contributed by atoms with Crippen molar-refractivity contribution in [2.45, 2.75) is 34.3 Å². The van der Waals surface area contributed by atoms with E-state index in [4.69, 9.17) is 4.74 Å². The van der Waals surface area contributed by atoms with Gasteiger partial charge in [-0.2, -0.15) is 0 Å². The molecule has 1 nitrogen and oxygen atoms in total. The molecule has 47 heavy (non-hydrogen) atoms. The van der Waals surface area contributed by atoms with Crippen LogP contribution in [0.15, 0.2) is 216 Å². The Morgan fingerprint density at radius 2 is 0.638 bits per heavy atom. The van der Waals surface area contributed by atoms with Crippen LogP contribution in [-0.2, 0) is 10.9 Å². The van der Waals surface area contributed by atoms with Gasteiger partial charge in [0.25, 0.3) is 0 Å². The quantitative estimate of drug-likeness (QED) is 0.135. The molecule has 7 aromatic carbocycles. The van der Waals surface area contributed by atoms with Crippen molar-refractivity contribution >= 4 is 34.4 Å². The zero-order chi connectivity index (χ0) is 31.8. The third-order valence-electron chi connectivity index (χ3n) is 7.81. The second kappa shape index (κ2) is 14.9. The third-order valence-corrected chi connectivity index (χ3v) is 12.1. The molecule has 0 spiro atoms. The lowest BCUT2D eigenvalue weighted by molar-refractivity contribution is 0.414. The molecular weight excluding hydrogens is 629 g/mol. The van der Waals surface area contributed by atoms with E-state index < -0.39 is 0 Å². The summed E-state index contributed by atoms with van der Waals surface area (Å²) in [5.74, 6) is 0.868. The SMILES string of the molecule is COc1ccc([S+](c2ccc(Sc3ccc(-c4ccccc4)cc3)cc2)c2ccc(Sc3ccc(-c4ccccc4)cc3)cc2)cc1. The summed E-state index contributed by atoms with van der Waals surface area (Å²) in [6.07, 6.45) is 0. The van der Waals surface area contributed by atoms with Gasteiger partial charge in [-0.15, -0.1) is 0 Å². The number of hydrogen-bond acceptors (Lipinski definition) is 3. The van der Waals surface area contributed by atoms with Crippen LogP contribution in [0.4, 0.5) is 0 Å². The fourth-order valence-corrected chi connectivity index (χ4v) is 9.05. The van der Waals surface area contributed by atoms with Crippen molar-refractivity contribution in [2.24, 2.45) is 0 Å². The Kier molecular flexibility index (Phi) is 9.81. The van der Waals surface area contributed by atoms with Gasteiger partial charge in [-0.1, -0.05) is 108 Å². The molecule has 0 amide bonds. The second-order valence-electron chi connectivity index (χ2n) is 10.9. The fraction of sp³-hybridized carbons (Fsp3) is 0.0233. The molecule has 0 aliphatic heterocycles. The van der Waals surface area contributed by atoms with E-state index in [0.29, 0.717) is 0 Å². The molecule has 0 bridgehead atoms. The number of methoxy groups -OCH3 is 1. The molecule has 0 aromatic heterocycles. The van der Waals surface area contributed by atoms with E-state index in [1.165, 1.54) is 56.5 Å². The Labute approximate surface area is 289 Å². The number of rotatable bonds is 10. The largest absolute Gasteiger partial charge is 0.497 e. The summed E-state index contributed by atoms with van der Waals surface area (Å²) in [6, 6.07) is 65.3. The average Bonchev–Trinajstić information content (AvgIpc) is 3.15. The monoisotopic (exact) mass is 661 g/mol. The summed E-state index contributed by atoms with van der Waals surface area (Å²) in [6.45, 7) is 0. The van der Waals surface area contributed by atoms with Crippen LogP contribution < -0.4 is 4.74 Å². The minimum absolute atomic E-state index is 0.257. The van der Waals surface area contributed by atoms with E-state index >= 15 is 0 Å². The lowest BCUT2D eigenvalue weighted by atomic mass is 10.1. The first-order valence-corrected chi connectivity index (χ1v) is 18.3. The number of hydrogen-bond donors (Lipinski definition) is 0. The molecule has 0 saturated heterocycles. The van der Waals surface area contributed by atoms with Gasteiger partial charge >= 0.3 is 0 Å². The van der Waals surface area contributed by atoms with Crippen molar-refractivity contribution in [1.82, 2.24) is 0 Å². The Morgan fingerprint density at radius 3 is 0.979 bits per heavy atom. The van der Waals surface area contributed by atoms with Crippen LogP contribution in [0.5, 0.6) is 5.75 Å². The molecule has 7 rings (SSSR count). The lowest BCUT2D eigenvalue weighted by Crippen LogP contribution is -2.04. The number of benzene rings is 7. The predicted octanol–water partition coefficient (Wildman–Crippen LogP) is 12.4. The van der Waals surface area contributed by atoms with Gasteiger partial charge in [0.2, 0.25) is 0 Å². The molecule has 0 aliphatic rings. The van der Waals surface area contributed by atoms with Crippen LogP contribution in [0.25, 0.3) is 22.3 Å². The highest BCUT2D eigenvalue weighted by atomic mass is 32.2. The molecule has 0 aliphatic carbocycles. The van der Waals surface area contributed by atoms with Crippen LogP contribution in [0.1, 0.15) is 0 Å². The van der Waals surface area contributed by atoms with Gasteiger partial charge < -0.3 is 4.74 Å². The topological polar surface area (TPSA) is 9.23 Å². The normalized spacial score (nSPS) is 11.0. The van der Waals surface area contributed by atoms with Gasteiger partial charge in [0.15, 0.2) is 14.7 Å². The van der Waals surface area contributed by atoms with Gasteiger partial charge in [0.05, 0.1) is 18.0 Å². The average molecular weight is 662 g/mol. The van der Waals surface area contributed by atoms with Crippen molar-refractivity contribution in [1.29, 1.82) is 0 Å². The maximum Gasteiger partial charge on any atom is 0.166 e. The second-order valence-corrected chi connectivity index (χ2v) is 15.2. The summed E-state index contributed by atoms with van der Waals surface area (Å²) in [4.78, 5) is 8.75. The minimum atomic E-state index is -0.257. The van der Waals surface area contributed by atoms with Crippen molar-refractivity contribution in [2.75, 3.05) is 7.11 Å². The summed E-state index contributed by atoms with van der Waals surface area (Å²) in [5.41, 5.74) is 4.95. The van der Waals surface area contributed by atoms with Crippen molar-refractivity contribution in [3.63, 3.8) is 0 Å². The van der Waals surface area contributed by atoms with E-state index in [-0.39, 0.29) is 10.9 Å². The summed E-state index contributed by atoms with van der Waals surface area (Å²) >= 11 is 3.59. The van der Waals surface area contributed by atoms with E-state index in [1.807, 2.05) is 0 Å². The Balaban J connectivity index is 1.09. The maximum atomic E-state index is 5.47. The zero-order valence-corrected chi connectivity index (χ0v) is 28.4.